The molecule has 5 nitrogen and oxygen atoms in total. The van der Waals surface area contributed by atoms with Gasteiger partial charge in [-0.1, -0.05) is 6.07 Å². The average Bonchev–Trinajstić information content (AvgIpc) is 2.72. The molecule has 1 heterocycles. The van der Waals surface area contributed by atoms with Crippen LogP contribution in [0.25, 0.3) is 6.08 Å². The van der Waals surface area contributed by atoms with Crippen molar-refractivity contribution in [2.24, 2.45) is 4.99 Å². The molecule has 2 rings (SSSR count). The number of thioether (sulfide) groups is 1. The van der Waals surface area contributed by atoms with Gasteiger partial charge in [-0.3, -0.25) is 9.59 Å². The van der Waals surface area contributed by atoms with Gasteiger partial charge in [0.05, 0.1) is 16.0 Å². The van der Waals surface area contributed by atoms with Gasteiger partial charge in [-0.25, -0.2) is 0 Å². The van der Waals surface area contributed by atoms with Crippen LogP contribution in [0.15, 0.2) is 32.6 Å². The molecule has 0 radical (unpaired) electrons. The molecule has 0 bridgehead atoms. The second kappa shape index (κ2) is 6.91. The van der Waals surface area contributed by atoms with Crippen molar-refractivity contribution in [3.05, 3.63) is 33.1 Å². The van der Waals surface area contributed by atoms with Crippen LogP contribution in [0.2, 0.25) is 0 Å². The minimum Gasteiger partial charge on any atom is -0.493 e. The quantitative estimate of drug-likeness (QED) is 0.832. The topological polar surface area (TPSA) is 67.8 Å². The molecule has 0 aromatic heterocycles. The number of hydrogen-bond acceptors (Lipinski definition) is 4. The minimum absolute atomic E-state index is 0.251. The maximum atomic E-state index is 11.8. The highest BCUT2D eigenvalue weighted by Gasteiger charge is 2.22. The molecule has 0 fully saturated rings. The van der Waals surface area contributed by atoms with Crippen LogP contribution in [0.1, 0.15) is 19.4 Å². The third-order valence-corrected chi connectivity index (χ3v) is 3.98. The molecule has 0 saturated heterocycles. The SMILES string of the molecule is CCOc1ccc(/C=C2\SC(NC(C)=O)=NC2=O)cc1Br. The Labute approximate surface area is 135 Å². The lowest BCUT2D eigenvalue weighted by Crippen LogP contribution is -2.23. The van der Waals surface area contributed by atoms with E-state index in [1.54, 1.807) is 6.08 Å². The smallest absolute Gasteiger partial charge is 0.286 e. The zero-order valence-corrected chi connectivity index (χ0v) is 13.9. The number of rotatable bonds is 3. The summed E-state index contributed by atoms with van der Waals surface area (Å²) in [6, 6.07) is 5.55. The standard InChI is InChI=1S/C14H13BrN2O3S/c1-3-20-11-5-4-9(6-10(11)15)7-12-13(19)17-14(21-12)16-8(2)18/h4-7H,3H2,1-2H3,(H,16,17,18,19)/b12-7-. The third kappa shape index (κ3) is 4.18. The van der Waals surface area contributed by atoms with Crippen LogP contribution in [-0.2, 0) is 9.59 Å². The molecule has 0 saturated carbocycles. The van der Waals surface area contributed by atoms with Crippen molar-refractivity contribution in [1.82, 2.24) is 5.32 Å². The van der Waals surface area contributed by atoms with Crippen LogP contribution in [0.3, 0.4) is 0 Å². The molecule has 1 aliphatic rings. The van der Waals surface area contributed by atoms with E-state index in [1.165, 1.54) is 6.92 Å². The first kappa shape index (κ1) is 15.8. The highest BCUT2D eigenvalue weighted by Crippen LogP contribution is 2.30. The summed E-state index contributed by atoms with van der Waals surface area (Å²) in [5.74, 6) is 0.146. The molecule has 0 unspecified atom stereocenters. The van der Waals surface area contributed by atoms with Crippen LogP contribution in [0, 0.1) is 0 Å². The zero-order valence-electron chi connectivity index (χ0n) is 11.5. The summed E-state index contributed by atoms with van der Waals surface area (Å²) >= 11 is 4.57. The maximum Gasteiger partial charge on any atom is 0.286 e. The lowest BCUT2D eigenvalue weighted by atomic mass is 10.2. The monoisotopic (exact) mass is 368 g/mol. The van der Waals surface area contributed by atoms with E-state index in [2.05, 4.69) is 26.2 Å². The van der Waals surface area contributed by atoms with Gasteiger partial charge >= 0.3 is 0 Å². The fraction of sp³-hybridized carbons (Fsp3) is 0.214. The van der Waals surface area contributed by atoms with Crippen molar-refractivity contribution in [1.29, 1.82) is 0 Å². The van der Waals surface area contributed by atoms with Gasteiger partial charge < -0.3 is 10.1 Å². The molecule has 21 heavy (non-hydrogen) atoms. The lowest BCUT2D eigenvalue weighted by Gasteiger charge is -2.06. The number of amidine groups is 1. The number of nitrogens with zero attached hydrogens (tertiary/aromatic N) is 1. The summed E-state index contributed by atoms with van der Waals surface area (Å²) in [4.78, 5) is 27.0. The zero-order chi connectivity index (χ0) is 15.4. The van der Waals surface area contributed by atoms with Gasteiger partial charge in [-0.2, -0.15) is 4.99 Å². The Balaban J connectivity index is 2.16. The minimum atomic E-state index is -0.353. The third-order valence-electron chi connectivity index (χ3n) is 2.46. The van der Waals surface area contributed by atoms with E-state index in [4.69, 9.17) is 4.74 Å². The Morgan fingerprint density at radius 1 is 1.52 bits per heavy atom. The molecule has 0 atom stereocenters. The Morgan fingerprint density at radius 3 is 2.90 bits per heavy atom. The molecule has 1 N–H and O–H groups in total. The van der Waals surface area contributed by atoms with Crippen molar-refractivity contribution in [2.45, 2.75) is 13.8 Å². The van der Waals surface area contributed by atoms with Gasteiger partial charge in [0.25, 0.3) is 5.91 Å². The van der Waals surface area contributed by atoms with Crippen molar-refractivity contribution >= 4 is 50.7 Å². The normalized spacial score (nSPS) is 16.0. The Morgan fingerprint density at radius 2 is 2.29 bits per heavy atom. The average molecular weight is 369 g/mol. The number of benzene rings is 1. The Kier molecular flexibility index (Phi) is 5.19. The molecule has 2 amide bonds. The van der Waals surface area contributed by atoms with E-state index in [0.29, 0.717) is 16.7 Å². The van der Waals surface area contributed by atoms with Gasteiger partial charge in [-0.05, 0) is 58.4 Å². The fourth-order valence-electron chi connectivity index (χ4n) is 1.64. The van der Waals surface area contributed by atoms with Crippen LogP contribution >= 0.6 is 27.7 Å². The highest BCUT2D eigenvalue weighted by atomic mass is 79.9. The molecule has 7 heteroatoms. The van der Waals surface area contributed by atoms with Crippen LogP contribution in [-0.4, -0.2) is 23.6 Å². The van der Waals surface area contributed by atoms with Crippen LogP contribution in [0.4, 0.5) is 0 Å². The van der Waals surface area contributed by atoms with E-state index in [9.17, 15) is 9.59 Å². The largest absolute Gasteiger partial charge is 0.493 e. The van der Waals surface area contributed by atoms with Crippen molar-refractivity contribution in [3.8, 4) is 5.75 Å². The number of carbonyl (C=O) groups is 2. The van der Waals surface area contributed by atoms with Gasteiger partial charge in [0.2, 0.25) is 5.91 Å². The second-order valence-corrected chi connectivity index (χ2v) is 6.02. The Hall–Kier alpha value is -1.60. The van der Waals surface area contributed by atoms with E-state index >= 15 is 0 Å². The molecule has 1 aromatic carbocycles. The van der Waals surface area contributed by atoms with Crippen LogP contribution < -0.4 is 10.1 Å². The number of nitrogens with one attached hydrogen (secondary N) is 1. The van der Waals surface area contributed by atoms with Gasteiger partial charge in [-0.15, -0.1) is 0 Å². The van der Waals surface area contributed by atoms with Gasteiger partial charge in [0, 0.05) is 6.92 Å². The lowest BCUT2D eigenvalue weighted by molar-refractivity contribution is -0.117. The molecule has 110 valence electrons. The molecule has 1 aliphatic heterocycles. The summed E-state index contributed by atoms with van der Waals surface area (Å²) in [7, 11) is 0. The number of amides is 2. The van der Waals surface area contributed by atoms with Gasteiger partial charge in [0.1, 0.15) is 5.75 Å². The first-order valence-corrected chi connectivity index (χ1v) is 7.83. The summed E-state index contributed by atoms with van der Waals surface area (Å²) in [5, 5.41) is 2.82. The summed E-state index contributed by atoms with van der Waals surface area (Å²) < 4.78 is 6.25. The summed E-state index contributed by atoms with van der Waals surface area (Å²) in [6.07, 6.45) is 1.73. The number of halogens is 1. The first-order valence-electron chi connectivity index (χ1n) is 6.22. The van der Waals surface area contributed by atoms with E-state index in [1.807, 2.05) is 25.1 Å². The van der Waals surface area contributed by atoms with E-state index in [0.717, 1.165) is 27.5 Å². The number of ether oxygens (including phenoxy) is 1. The van der Waals surface area contributed by atoms with E-state index < -0.39 is 0 Å². The predicted molar refractivity (Wildman–Crippen MR) is 87.1 cm³/mol. The maximum absolute atomic E-state index is 11.8. The van der Waals surface area contributed by atoms with Crippen molar-refractivity contribution in [2.75, 3.05) is 6.61 Å². The molecular weight excluding hydrogens is 356 g/mol. The number of carbonyl (C=O) groups excluding carboxylic acids is 2. The summed E-state index contributed by atoms with van der Waals surface area (Å²) in [6.45, 7) is 3.87. The van der Waals surface area contributed by atoms with Crippen molar-refractivity contribution < 1.29 is 14.3 Å². The highest BCUT2D eigenvalue weighted by molar-refractivity contribution is 9.10. The Bertz CT molecular complexity index is 656. The summed E-state index contributed by atoms with van der Waals surface area (Å²) in [5.41, 5.74) is 0.848. The van der Waals surface area contributed by atoms with Gasteiger partial charge in [0.15, 0.2) is 5.17 Å². The van der Waals surface area contributed by atoms with Crippen molar-refractivity contribution in [3.63, 3.8) is 0 Å². The molecular formula is C14H13BrN2O3S. The van der Waals surface area contributed by atoms with E-state index in [-0.39, 0.29) is 11.8 Å². The number of aliphatic imine (C=N–C) groups is 1. The predicted octanol–water partition coefficient (Wildman–Crippen LogP) is 2.95. The molecule has 0 spiro atoms. The first-order chi connectivity index (χ1) is 9.99. The molecule has 0 aliphatic carbocycles. The van der Waals surface area contributed by atoms with Crippen LogP contribution in [0.5, 0.6) is 5.75 Å². The molecule has 1 aromatic rings. The second-order valence-electron chi connectivity index (χ2n) is 4.14. The number of hydrogen-bond donors (Lipinski definition) is 1. The fourth-order valence-corrected chi connectivity index (χ4v) is 3.01.